The smallest absolute Gasteiger partial charge is 0.191 e. The Morgan fingerprint density at radius 3 is 2.32 bits per heavy atom. The zero-order valence-electron chi connectivity index (χ0n) is 15.8. The van der Waals surface area contributed by atoms with E-state index in [2.05, 4.69) is 15.6 Å². The molecule has 0 saturated heterocycles. The van der Waals surface area contributed by atoms with E-state index in [-0.39, 0.29) is 34.7 Å². The lowest BCUT2D eigenvalue weighted by molar-refractivity contribution is 0.321. The molecule has 0 unspecified atom stereocenters. The first kappa shape index (κ1) is 24.2. The van der Waals surface area contributed by atoms with Crippen molar-refractivity contribution in [2.45, 2.75) is 11.3 Å². The fraction of sp³-hybridized carbons (Fsp3) is 0.316. The fourth-order valence-corrected chi connectivity index (χ4v) is 2.99. The van der Waals surface area contributed by atoms with Gasteiger partial charge in [0.15, 0.2) is 15.8 Å². The molecule has 2 N–H and O–H groups in total. The SMILES string of the molecule is CN=C(NCCOc1ccc(S(C)(=O)=O)cc1)NCCc1ccccc1F.I. The van der Waals surface area contributed by atoms with Gasteiger partial charge in [0.2, 0.25) is 0 Å². The second-order valence-corrected chi connectivity index (χ2v) is 7.87. The number of halogens is 2. The molecule has 6 nitrogen and oxygen atoms in total. The van der Waals surface area contributed by atoms with Crippen molar-refractivity contribution in [1.29, 1.82) is 0 Å². The van der Waals surface area contributed by atoms with E-state index >= 15 is 0 Å². The largest absolute Gasteiger partial charge is 0.492 e. The second kappa shape index (κ2) is 11.8. The molecular formula is C19H25FIN3O3S. The van der Waals surface area contributed by atoms with E-state index in [0.717, 1.165) is 6.26 Å². The van der Waals surface area contributed by atoms with E-state index in [4.69, 9.17) is 4.74 Å². The summed E-state index contributed by atoms with van der Waals surface area (Å²) >= 11 is 0. The Bertz CT molecular complexity index is 874. The van der Waals surface area contributed by atoms with Crippen LogP contribution < -0.4 is 15.4 Å². The van der Waals surface area contributed by atoms with Crippen molar-refractivity contribution < 1.29 is 17.5 Å². The molecule has 2 rings (SSSR count). The van der Waals surface area contributed by atoms with Crippen LogP contribution in [-0.4, -0.2) is 47.4 Å². The zero-order valence-corrected chi connectivity index (χ0v) is 19.0. The highest BCUT2D eigenvalue weighted by Gasteiger charge is 2.06. The van der Waals surface area contributed by atoms with Gasteiger partial charge in [0, 0.05) is 19.8 Å². The molecule has 9 heteroatoms. The van der Waals surface area contributed by atoms with Crippen LogP contribution in [0.25, 0.3) is 0 Å². The van der Waals surface area contributed by atoms with Crippen molar-refractivity contribution in [2.75, 3.05) is 33.0 Å². The Kier molecular flexibility index (Phi) is 10.2. The summed E-state index contributed by atoms with van der Waals surface area (Å²) in [6, 6.07) is 13.0. The van der Waals surface area contributed by atoms with E-state index in [1.54, 1.807) is 31.3 Å². The molecule has 0 aliphatic rings. The summed E-state index contributed by atoms with van der Waals surface area (Å²) in [6.45, 7) is 1.44. The van der Waals surface area contributed by atoms with Gasteiger partial charge in [0.25, 0.3) is 0 Å². The molecule has 2 aromatic carbocycles. The van der Waals surface area contributed by atoms with Crippen LogP contribution in [0.1, 0.15) is 5.56 Å². The average molecular weight is 521 g/mol. The summed E-state index contributed by atoms with van der Waals surface area (Å²) in [7, 11) is -1.55. The standard InChI is InChI=1S/C19H24FN3O3S.HI/c1-21-19(22-12-11-15-5-3-4-6-18(15)20)23-13-14-26-16-7-9-17(10-8-16)27(2,24)25;/h3-10H,11-14H2,1-2H3,(H2,21,22,23);1H. The third-order valence-electron chi connectivity index (χ3n) is 3.78. The number of nitrogens with one attached hydrogen (secondary N) is 2. The Labute approximate surface area is 182 Å². The molecule has 0 amide bonds. The van der Waals surface area contributed by atoms with E-state index in [1.165, 1.54) is 18.2 Å². The van der Waals surface area contributed by atoms with Gasteiger partial charge in [-0.05, 0) is 42.3 Å². The second-order valence-electron chi connectivity index (χ2n) is 5.86. The molecule has 0 aromatic heterocycles. The third kappa shape index (κ3) is 8.01. The maximum Gasteiger partial charge on any atom is 0.191 e. The van der Waals surface area contributed by atoms with E-state index in [1.807, 2.05) is 6.07 Å². The van der Waals surface area contributed by atoms with Crippen LogP contribution in [0.3, 0.4) is 0 Å². The number of sulfone groups is 1. The predicted molar refractivity (Wildman–Crippen MR) is 120 cm³/mol. The quantitative estimate of drug-likeness (QED) is 0.242. The molecular weight excluding hydrogens is 496 g/mol. The number of hydrogen-bond donors (Lipinski definition) is 2. The molecule has 2 aromatic rings. The molecule has 0 aliphatic carbocycles. The van der Waals surface area contributed by atoms with Gasteiger partial charge in [0.05, 0.1) is 11.4 Å². The van der Waals surface area contributed by atoms with Crippen molar-refractivity contribution >= 4 is 39.8 Å². The summed E-state index contributed by atoms with van der Waals surface area (Å²) in [4.78, 5) is 4.36. The van der Waals surface area contributed by atoms with Crippen LogP contribution in [0.15, 0.2) is 58.4 Å². The maximum atomic E-state index is 13.6. The van der Waals surface area contributed by atoms with Gasteiger partial charge in [-0.15, -0.1) is 24.0 Å². The average Bonchev–Trinajstić information content (AvgIpc) is 2.65. The molecule has 0 atom stereocenters. The zero-order chi connectivity index (χ0) is 19.7. The molecule has 0 aliphatic heterocycles. The van der Waals surface area contributed by atoms with E-state index in [0.29, 0.717) is 43.4 Å². The monoisotopic (exact) mass is 521 g/mol. The van der Waals surface area contributed by atoms with Gasteiger partial charge >= 0.3 is 0 Å². The Hall–Kier alpha value is -1.88. The predicted octanol–water partition coefficient (Wildman–Crippen LogP) is 2.63. The number of rotatable bonds is 8. The first-order chi connectivity index (χ1) is 12.9. The highest BCUT2D eigenvalue weighted by Crippen LogP contribution is 2.15. The summed E-state index contributed by atoms with van der Waals surface area (Å²) in [5.74, 6) is 0.978. The highest BCUT2D eigenvalue weighted by molar-refractivity contribution is 14.0. The van der Waals surface area contributed by atoms with Gasteiger partial charge in [-0.25, -0.2) is 12.8 Å². The van der Waals surface area contributed by atoms with E-state index < -0.39 is 9.84 Å². The van der Waals surface area contributed by atoms with Crippen LogP contribution in [0, 0.1) is 5.82 Å². The molecule has 0 bridgehead atoms. The summed E-state index contributed by atoms with van der Waals surface area (Å²) in [5, 5.41) is 6.22. The minimum absolute atomic E-state index is 0. The highest BCUT2D eigenvalue weighted by atomic mass is 127. The van der Waals surface area contributed by atoms with Gasteiger partial charge in [-0.3, -0.25) is 4.99 Å². The summed E-state index contributed by atoms with van der Waals surface area (Å²) < 4.78 is 42.0. The lowest BCUT2D eigenvalue weighted by Gasteiger charge is -2.13. The van der Waals surface area contributed by atoms with Crippen LogP contribution in [0.5, 0.6) is 5.75 Å². The van der Waals surface area contributed by atoms with Crippen molar-refractivity contribution in [1.82, 2.24) is 10.6 Å². The van der Waals surface area contributed by atoms with Crippen molar-refractivity contribution in [3.8, 4) is 5.75 Å². The molecule has 0 radical (unpaired) electrons. The number of benzene rings is 2. The summed E-state index contributed by atoms with van der Waals surface area (Å²) in [6.07, 6.45) is 1.72. The lowest BCUT2D eigenvalue weighted by Crippen LogP contribution is -2.40. The van der Waals surface area contributed by atoms with Gasteiger partial charge in [-0.1, -0.05) is 18.2 Å². The minimum atomic E-state index is -3.21. The van der Waals surface area contributed by atoms with Gasteiger partial charge in [-0.2, -0.15) is 0 Å². The van der Waals surface area contributed by atoms with Crippen LogP contribution in [0.4, 0.5) is 4.39 Å². The van der Waals surface area contributed by atoms with Gasteiger partial charge < -0.3 is 15.4 Å². The number of guanidine groups is 1. The van der Waals surface area contributed by atoms with Crippen LogP contribution in [-0.2, 0) is 16.3 Å². The number of nitrogens with zero attached hydrogens (tertiary/aromatic N) is 1. The Balaban J connectivity index is 0.00000392. The maximum absolute atomic E-state index is 13.6. The molecule has 0 heterocycles. The van der Waals surface area contributed by atoms with Crippen molar-refractivity contribution in [3.05, 3.63) is 59.9 Å². The first-order valence-electron chi connectivity index (χ1n) is 8.51. The first-order valence-corrected chi connectivity index (χ1v) is 10.4. The van der Waals surface area contributed by atoms with Crippen LogP contribution >= 0.6 is 24.0 Å². The van der Waals surface area contributed by atoms with Gasteiger partial charge in [0.1, 0.15) is 18.2 Å². The number of hydrogen-bond acceptors (Lipinski definition) is 4. The molecule has 0 saturated carbocycles. The molecule has 0 spiro atoms. The van der Waals surface area contributed by atoms with E-state index in [9.17, 15) is 12.8 Å². The summed E-state index contributed by atoms with van der Waals surface area (Å²) in [5.41, 5.74) is 0.654. The third-order valence-corrected chi connectivity index (χ3v) is 4.91. The fourth-order valence-electron chi connectivity index (χ4n) is 2.36. The lowest BCUT2D eigenvalue weighted by atomic mass is 10.1. The normalized spacial score (nSPS) is 11.5. The number of ether oxygens (including phenoxy) is 1. The topological polar surface area (TPSA) is 79.8 Å². The molecule has 28 heavy (non-hydrogen) atoms. The number of aliphatic imine (C=N–C) groups is 1. The molecule has 154 valence electrons. The minimum Gasteiger partial charge on any atom is -0.492 e. The Morgan fingerprint density at radius 2 is 1.71 bits per heavy atom. The molecule has 0 fully saturated rings. The van der Waals surface area contributed by atoms with Crippen molar-refractivity contribution in [3.63, 3.8) is 0 Å². The van der Waals surface area contributed by atoms with Crippen molar-refractivity contribution in [2.24, 2.45) is 4.99 Å². The Morgan fingerprint density at radius 1 is 1.07 bits per heavy atom. The van der Waals surface area contributed by atoms with Crippen LogP contribution in [0.2, 0.25) is 0 Å².